The molecular formula is C27H26N3O. The molecule has 4 heteroatoms. The van der Waals surface area contributed by atoms with Crippen LogP contribution in [0.25, 0.3) is 0 Å². The molecule has 0 spiro atoms. The van der Waals surface area contributed by atoms with Gasteiger partial charge in [0.2, 0.25) is 0 Å². The Hall–Kier alpha value is -3.92. The van der Waals surface area contributed by atoms with E-state index in [2.05, 4.69) is 47.0 Å². The molecule has 0 aliphatic carbocycles. The highest BCUT2D eigenvalue weighted by molar-refractivity contribution is 5.70. The van der Waals surface area contributed by atoms with Gasteiger partial charge < -0.3 is 21.1 Å². The summed E-state index contributed by atoms with van der Waals surface area (Å²) in [6.45, 7) is 1.38. The summed E-state index contributed by atoms with van der Waals surface area (Å²) in [4.78, 5) is 0. The highest BCUT2D eigenvalue weighted by Crippen LogP contribution is 2.25. The number of nitrogens with two attached hydrogens (primary N) is 1. The van der Waals surface area contributed by atoms with Gasteiger partial charge in [-0.05, 0) is 53.9 Å². The second kappa shape index (κ2) is 10.2. The van der Waals surface area contributed by atoms with E-state index in [0.717, 1.165) is 41.3 Å². The van der Waals surface area contributed by atoms with Crippen molar-refractivity contribution in [1.29, 1.82) is 0 Å². The summed E-state index contributed by atoms with van der Waals surface area (Å²) in [5.74, 6) is 0.783. The molecule has 0 unspecified atom stereocenters. The number of nitrogen functional groups attached to an aromatic ring is 1. The van der Waals surface area contributed by atoms with Gasteiger partial charge in [-0.2, -0.15) is 0 Å². The predicted octanol–water partition coefficient (Wildman–Crippen LogP) is 6.05. The Balaban J connectivity index is 1.33. The molecule has 0 amide bonds. The second-order valence-corrected chi connectivity index (χ2v) is 7.34. The zero-order valence-electron chi connectivity index (χ0n) is 17.3. The van der Waals surface area contributed by atoms with Crippen LogP contribution in [0.3, 0.4) is 0 Å². The molecule has 0 aromatic heterocycles. The Morgan fingerprint density at radius 1 is 0.774 bits per heavy atom. The van der Waals surface area contributed by atoms with Crippen LogP contribution in [0.4, 0.5) is 22.7 Å². The summed E-state index contributed by atoms with van der Waals surface area (Å²) in [6, 6.07) is 35.4. The first-order valence-corrected chi connectivity index (χ1v) is 10.4. The van der Waals surface area contributed by atoms with Gasteiger partial charge in [-0.25, -0.2) is 0 Å². The van der Waals surface area contributed by atoms with Crippen molar-refractivity contribution in [3.63, 3.8) is 0 Å². The molecule has 0 saturated carbocycles. The molecule has 0 fully saturated rings. The van der Waals surface area contributed by atoms with Gasteiger partial charge in [0.15, 0.2) is 0 Å². The molecule has 31 heavy (non-hydrogen) atoms. The smallest absolute Gasteiger partial charge is 0.120 e. The van der Waals surface area contributed by atoms with Crippen LogP contribution in [0.2, 0.25) is 0 Å². The molecule has 0 atom stereocenters. The van der Waals surface area contributed by atoms with Crippen molar-refractivity contribution in [3.8, 4) is 5.75 Å². The third-order valence-electron chi connectivity index (χ3n) is 4.85. The van der Waals surface area contributed by atoms with Crippen LogP contribution < -0.4 is 21.1 Å². The summed E-state index contributed by atoms with van der Waals surface area (Å²) in [5, 5.41) is 6.81. The maximum absolute atomic E-state index is 6.10. The first kappa shape index (κ1) is 20.4. The Kier molecular flexibility index (Phi) is 6.71. The average molecular weight is 409 g/mol. The van der Waals surface area contributed by atoms with Crippen LogP contribution in [0.5, 0.6) is 5.75 Å². The van der Waals surface area contributed by atoms with Gasteiger partial charge >= 0.3 is 0 Å². The minimum absolute atomic E-state index is 0.536. The van der Waals surface area contributed by atoms with E-state index in [1.807, 2.05) is 66.7 Å². The van der Waals surface area contributed by atoms with Crippen molar-refractivity contribution in [1.82, 2.24) is 0 Å². The van der Waals surface area contributed by atoms with Gasteiger partial charge in [-0.3, -0.25) is 0 Å². The number of benzene rings is 4. The zero-order valence-corrected chi connectivity index (χ0v) is 17.3. The Morgan fingerprint density at radius 2 is 1.48 bits per heavy atom. The molecule has 4 aromatic rings. The molecule has 0 bridgehead atoms. The summed E-state index contributed by atoms with van der Waals surface area (Å²) in [7, 11) is 0. The topological polar surface area (TPSA) is 59.3 Å². The van der Waals surface area contributed by atoms with Crippen LogP contribution in [-0.2, 0) is 13.0 Å². The summed E-state index contributed by atoms with van der Waals surface area (Å²) in [6.07, 6.45) is 0.955. The number of hydrogen-bond acceptors (Lipinski definition) is 4. The average Bonchev–Trinajstić information content (AvgIpc) is 2.80. The van der Waals surface area contributed by atoms with E-state index in [4.69, 9.17) is 10.5 Å². The van der Waals surface area contributed by atoms with E-state index >= 15 is 0 Å². The Bertz CT molecular complexity index is 1080. The SMILES string of the molecule is Nc1cc(NCCc2ccccc2)cc(Nc2[c]cc(OCc3ccccc3)cc2)c1. The standard InChI is InChI=1S/C27H26N3O/c28-23-17-25(29-16-15-21-7-3-1-4-8-21)19-26(18-23)30-24-11-13-27(14-12-24)31-20-22-9-5-2-6-10-22/h1-11,13-14,17-19,29-30H,15-16,20,28H2. The predicted molar refractivity (Wildman–Crippen MR) is 129 cm³/mol. The number of rotatable bonds is 9. The molecule has 4 rings (SSSR count). The van der Waals surface area contributed by atoms with Crippen molar-refractivity contribution in [2.45, 2.75) is 13.0 Å². The molecule has 0 aliphatic rings. The molecule has 0 aliphatic heterocycles. The second-order valence-electron chi connectivity index (χ2n) is 7.34. The third kappa shape index (κ3) is 6.28. The summed E-state index contributed by atoms with van der Waals surface area (Å²) < 4.78 is 5.83. The van der Waals surface area contributed by atoms with E-state index < -0.39 is 0 Å². The maximum Gasteiger partial charge on any atom is 0.120 e. The van der Waals surface area contributed by atoms with Gasteiger partial charge in [-0.15, -0.1) is 0 Å². The Morgan fingerprint density at radius 3 is 2.19 bits per heavy atom. The van der Waals surface area contributed by atoms with Gasteiger partial charge in [0.05, 0.1) is 0 Å². The molecule has 0 saturated heterocycles. The van der Waals surface area contributed by atoms with Crippen LogP contribution in [0.1, 0.15) is 11.1 Å². The van der Waals surface area contributed by atoms with Crippen LogP contribution in [0.15, 0.2) is 97.1 Å². The molecule has 0 heterocycles. The normalized spacial score (nSPS) is 10.5. The van der Waals surface area contributed by atoms with Crippen molar-refractivity contribution < 1.29 is 4.74 Å². The lowest BCUT2D eigenvalue weighted by molar-refractivity contribution is 0.306. The van der Waals surface area contributed by atoms with Gasteiger partial charge in [0, 0.05) is 35.4 Å². The monoisotopic (exact) mass is 408 g/mol. The molecule has 4 N–H and O–H groups in total. The third-order valence-corrected chi connectivity index (χ3v) is 4.85. The lowest BCUT2D eigenvalue weighted by Gasteiger charge is -2.12. The molecule has 1 radical (unpaired) electrons. The van der Waals surface area contributed by atoms with Crippen molar-refractivity contribution >= 4 is 22.7 Å². The summed E-state index contributed by atoms with van der Waals surface area (Å²) >= 11 is 0. The minimum atomic E-state index is 0.536. The summed E-state index contributed by atoms with van der Waals surface area (Å²) in [5.41, 5.74) is 12.0. The lowest BCUT2D eigenvalue weighted by atomic mass is 10.1. The van der Waals surface area contributed by atoms with Crippen LogP contribution >= 0.6 is 0 Å². The van der Waals surface area contributed by atoms with Gasteiger partial charge in [-0.1, -0.05) is 60.7 Å². The van der Waals surface area contributed by atoms with E-state index in [1.54, 1.807) is 0 Å². The molecule has 4 nitrogen and oxygen atoms in total. The maximum atomic E-state index is 6.10. The fraction of sp³-hybridized carbons (Fsp3) is 0.111. The first-order valence-electron chi connectivity index (χ1n) is 10.4. The van der Waals surface area contributed by atoms with E-state index in [0.29, 0.717) is 12.3 Å². The van der Waals surface area contributed by atoms with Gasteiger partial charge in [0.1, 0.15) is 12.4 Å². The van der Waals surface area contributed by atoms with Crippen molar-refractivity contribution in [2.24, 2.45) is 0 Å². The Labute approximate surface area is 183 Å². The van der Waals surface area contributed by atoms with Crippen LogP contribution in [-0.4, -0.2) is 6.54 Å². The quantitative estimate of drug-likeness (QED) is 0.295. The van der Waals surface area contributed by atoms with Gasteiger partial charge in [0.25, 0.3) is 0 Å². The highest BCUT2D eigenvalue weighted by atomic mass is 16.5. The van der Waals surface area contributed by atoms with Crippen LogP contribution in [0, 0.1) is 6.07 Å². The first-order chi connectivity index (χ1) is 15.2. The highest BCUT2D eigenvalue weighted by Gasteiger charge is 2.02. The number of nitrogens with one attached hydrogen (secondary N) is 2. The number of hydrogen-bond donors (Lipinski definition) is 3. The fourth-order valence-electron chi connectivity index (χ4n) is 3.30. The van der Waals surface area contributed by atoms with E-state index in [1.165, 1.54) is 5.56 Å². The number of ether oxygens (including phenoxy) is 1. The molecule has 4 aromatic carbocycles. The minimum Gasteiger partial charge on any atom is -0.489 e. The zero-order chi connectivity index (χ0) is 21.3. The van der Waals surface area contributed by atoms with Crippen molar-refractivity contribution in [2.75, 3.05) is 22.9 Å². The fourth-order valence-corrected chi connectivity index (χ4v) is 3.30. The molecule has 155 valence electrons. The lowest BCUT2D eigenvalue weighted by Crippen LogP contribution is -2.05. The largest absolute Gasteiger partial charge is 0.489 e. The van der Waals surface area contributed by atoms with E-state index in [9.17, 15) is 0 Å². The van der Waals surface area contributed by atoms with E-state index in [-0.39, 0.29) is 0 Å². The van der Waals surface area contributed by atoms with Crippen molar-refractivity contribution in [3.05, 3.63) is 114 Å². The molecular weight excluding hydrogens is 382 g/mol. The number of anilines is 4.